The van der Waals surface area contributed by atoms with Crippen LogP contribution in [-0.4, -0.2) is 29.9 Å². The summed E-state index contributed by atoms with van der Waals surface area (Å²) in [5, 5.41) is 0.250. The average molecular weight is 238 g/mol. The van der Waals surface area contributed by atoms with E-state index >= 15 is 0 Å². The molecule has 1 atom stereocenters. The normalized spacial score (nSPS) is 19.6. The van der Waals surface area contributed by atoms with Gasteiger partial charge in [0.15, 0.2) is 0 Å². The summed E-state index contributed by atoms with van der Waals surface area (Å²) >= 11 is 6.41. The predicted octanol–water partition coefficient (Wildman–Crippen LogP) is 3.32. The third kappa shape index (κ3) is 3.80. The van der Waals surface area contributed by atoms with Gasteiger partial charge in [-0.2, -0.15) is 0 Å². The van der Waals surface area contributed by atoms with Crippen LogP contribution in [0.2, 0.25) is 0 Å². The molecule has 1 aromatic carbocycles. The van der Waals surface area contributed by atoms with E-state index in [2.05, 4.69) is 35.2 Å². The van der Waals surface area contributed by atoms with Gasteiger partial charge in [0, 0.05) is 6.54 Å². The highest BCUT2D eigenvalue weighted by atomic mass is 35.5. The first-order valence-electron chi connectivity index (χ1n) is 6.25. The summed E-state index contributed by atoms with van der Waals surface area (Å²) in [6.45, 7) is 3.51. The van der Waals surface area contributed by atoms with E-state index in [4.69, 9.17) is 11.6 Å². The minimum atomic E-state index is 0.250. The molecule has 2 rings (SSSR count). The van der Waals surface area contributed by atoms with Crippen molar-refractivity contribution in [3.05, 3.63) is 35.9 Å². The number of halogens is 1. The second-order valence-corrected chi connectivity index (χ2v) is 5.27. The SMILES string of the molecule is ClC(Cc1ccccc1)CN1CCCCC1. The molecule has 0 N–H and O–H groups in total. The molecule has 0 spiro atoms. The van der Waals surface area contributed by atoms with Gasteiger partial charge in [-0.15, -0.1) is 11.6 Å². The van der Waals surface area contributed by atoms with Crippen molar-refractivity contribution in [2.24, 2.45) is 0 Å². The quantitative estimate of drug-likeness (QED) is 0.727. The molecule has 1 fully saturated rings. The number of likely N-dealkylation sites (tertiary alicyclic amines) is 1. The number of hydrogen-bond donors (Lipinski definition) is 0. The molecular formula is C14H20ClN. The highest BCUT2D eigenvalue weighted by Gasteiger charge is 2.14. The fourth-order valence-corrected chi connectivity index (χ4v) is 2.73. The summed E-state index contributed by atoms with van der Waals surface area (Å²) in [6.07, 6.45) is 5.06. The highest BCUT2D eigenvalue weighted by molar-refractivity contribution is 6.20. The summed E-state index contributed by atoms with van der Waals surface area (Å²) in [7, 11) is 0. The van der Waals surface area contributed by atoms with Crippen molar-refractivity contribution in [2.45, 2.75) is 31.1 Å². The van der Waals surface area contributed by atoms with Gasteiger partial charge in [0.1, 0.15) is 0 Å². The van der Waals surface area contributed by atoms with Gasteiger partial charge < -0.3 is 4.90 Å². The third-order valence-corrected chi connectivity index (χ3v) is 3.50. The molecule has 16 heavy (non-hydrogen) atoms. The van der Waals surface area contributed by atoms with E-state index < -0.39 is 0 Å². The maximum absolute atomic E-state index is 6.41. The van der Waals surface area contributed by atoms with Crippen LogP contribution in [0.3, 0.4) is 0 Å². The predicted molar refractivity (Wildman–Crippen MR) is 70.1 cm³/mol. The first kappa shape index (κ1) is 11.9. The van der Waals surface area contributed by atoms with E-state index in [9.17, 15) is 0 Å². The Hall–Kier alpha value is -0.530. The van der Waals surface area contributed by atoms with E-state index in [1.165, 1.54) is 37.9 Å². The highest BCUT2D eigenvalue weighted by Crippen LogP contribution is 2.13. The van der Waals surface area contributed by atoms with Crippen LogP contribution >= 0.6 is 11.6 Å². The standard InChI is InChI=1S/C14H20ClN/c15-14(11-13-7-3-1-4-8-13)12-16-9-5-2-6-10-16/h1,3-4,7-8,14H,2,5-6,9-12H2. The Kier molecular flexibility index (Phi) is 4.68. The van der Waals surface area contributed by atoms with Crippen molar-refractivity contribution < 1.29 is 0 Å². The van der Waals surface area contributed by atoms with Crippen LogP contribution in [0.5, 0.6) is 0 Å². The Morgan fingerprint density at radius 3 is 2.44 bits per heavy atom. The van der Waals surface area contributed by atoms with E-state index in [1.54, 1.807) is 0 Å². The van der Waals surface area contributed by atoms with Crippen LogP contribution in [-0.2, 0) is 6.42 Å². The summed E-state index contributed by atoms with van der Waals surface area (Å²) in [4.78, 5) is 2.50. The van der Waals surface area contributed by atoms with Gasteiger partial charge in [0.2, 0.25) is 0 Å². The second kappa shape index (κ2) is 6.27. The van der Waals surface area contributed by atoms with Gasteiger partial charge >= 0.3 is 0 Å². The van der Waals surface area contributed by atoms with Crippen molar-refractivity contribution in [1.82, 2.24) is 4.90 Å². The number of rotatable bonds is 4. The molecule has 1 saturated heterocycles. The molecule has 0 bridgehead atoms. The number of benzene rings is 1. The molecule has 1 aliphatic heterocycles. The zero-order valence-corrected chi connectivity index (χ0v) is 10.5. The lowest BCUT2D eigenvalue weighted by molar-refractivity contribution is 0.228. The van der Waals surface area contributed by atoms with Crippen LogP contribution in [0.25, 0.3) is 0 Å². The molecule has 88 valence electrons. The van der Waals surface area contributed by atoms with E-state index in [-0.39, 0.29) is 5.38 Å². The van der Waals surface area contributed by atoms with Crippen molar-refractivity contribution in [1.29, 1.82) is 0 Å². The fraction of sp³-hybridized carbons (Fsp3) is 0.571. The Labute approximate surface area is 103 Å². The topological polar surface area (TPSA) is 3.24 Å². The maximum Gasteiger partial charge on any atom is 0.0503 e. The van der Waals surface area contributed by atoms with Crippen LogP contribution in [0.4, 0.5) is 0 Å². The summed E-state index contributed by atoms with van der Waals surface area (Å²) in [5.41, 5.74) is 1.35. The molecule has 0 saturated carbocycles. The Bertz CT molecular complexity index is 293. The first-order valence-corrected chi connectivity index (χ1v) is 6.68. The zero-order chi connectivity index (χ0) is 11.2. The number of alkyl halides is 1. The van der Waals surface area contributed by atoms with E-state index in [0.29, 0.717) is 0 Å². The molecule has 0 aromatic heterocycles. The molecule has 0 radical (unpaired) electrons. The lowest BCUT2D eigenvalue weighted by atomic mass is 10.1. The molecule has 1 unspecified atom stereocenters. The van der Waals surface area contributed by atoms with Gasteiger partial charge in [-0.3, -0.25) is 0 Å². The van der Waals surface area contributed by atoms with Crippen molar-refractivity contribution in [3.8, 4) is 0 Å². The summed E-state index contributed by atoms with van der Waals surface area (Å²) < 4.78 is 0. The van der Waals surface area contributed by atoms with E-state index in [0.717, 1.165) is 13.0 Å². The molecule has 2 heteroatoms. The van der Waals surface area contributed by atoms with Gasteiger partial charge in [-0.05, 0) is 37.9 Å². The van der Waals surface area contributed by atoms with Crippen LogP contribution in [0.15, 0.2) is 30.3 Å². The van der Waals surface area contributed by atoms with Crippen LogP contribution in [0, 0.1) is 0 Å². The minimum absolute atomic E-state index is 0.250. The lowest BCUT2D eigenvalue weighted by Gasteiger charge is -2.28. The lowest BCUT2D eigenvalue weighted by Crippen LogP contribution is -2.35. The molecule has 1 aliphatic rings. The van der Waals surface area contributed by atoms with Crippen molar-refractivity contribution in [2.75, 3.05) is 19.6 Å². The monoisotopic (exact) mass is 237 g/mol. The average Bonchev–Trinajstić information content (AvgIpc) is 2.31. The molecule has 1 heterocycles. The Balaban J connectivity index is 1.77. The minimum Gasteiger partial charge on any atom is -0.302 e. The van der Waals surface area contributed by atoms with Crippen LogP contribution < -0.4 is 0 Å². The molecule has 1 aromatic rings. The number of piperidine rings is 1. The molecule has 0 aliphatic carbocycles. The zero-order valence-electron chi connectivity index (χ0n) is 9.74. The summed E-state index contributed by atoms with van der Waals surface area (Å²) in [5.74, 6) is 0. The third-order valence-electron chi connectivity index (χ3n) is 3.21. The van der Waals surface area contributed by atoms with Crippen LogP contribution in [0.1, 0.15) is 24.8 Å². The fourth-order valence-electron chi connectivity index (χ4n) is 2.36. The van der Waals surface area contributed by atoms with E-state index in [1.807, 2.05) is 0 Å². The van der Waals surface area contributed by atoms with Crippen molar-refractivity contribution in [3.63, 3.8) is 0 Å². The Morgan fingerprint density at radius 1 is 1.06 bits per heavy atom. The largest absolute Gasteiger partial charge is 0.302 e. The Morgan fingerprint density at radius 2 is 1.75 bits per heavy atom. The maximum atomic E-state index is 6.41. The van der Waals surface area contributed by atoms with Gasteiger partial charge in [-0.1, -0.05) is 36.8 Å². The molecule has 0 amide bonds. The van der Waals surface area contributed by atoms with Gasteiger partial charge in [-0.25, -0.2) is 0 Å². The van der Waals surface area contributed by atoms with Gasteiger partial charge in [0.05, 0.1) is 5.38 Å². The first-order chi connectivity index (χ1) is 7.84. The number of nitrogens with zero attached hydrogens (tertiary/aromatic N) is 1. The second-order valence-electron chi connectivity index (χ2n) is 4.65. The summed E-state index contributed by atoms with van der Waals surface area (Å²) in [6, 6.07) is 10.5. The smallest absolute Gasteiger partial charge is 0.0503 e. The van der Waals surface area contributed by atoms with Gasteiger partial charge in [0.25, 0.3) is 0 Å². The molecule has 1 nitrogen and oxygen atoms in total. The molecular weight excluding hydrogens is 218 g/mol. The number of hydrogen-bond acceptors (Lipinski definition) is 1. The van der Waals surface area contributed by atoms with Crippen molar-refractivity contribution >= 4 is 11.6 Å².